The molecule has 0 atom stereocenters. The highest BCUT2D eigenvalue weighted by Crippen LogP contribution is 2.32. The molecular weight excluding hydrogens is 430 g/mol. The number of fused-ring (bicyclic) bond motifs is 1. The van der Waals surface area contributed by atoms with Gasteiger partial charge in [-0.15, -0.1) is 11.3 Å². The molecule has 0 saturated carbocycles. The van der Waals surface area contributed by atoms with Crippen LogP contribution in [0.4, 0.5) is 0 Å². The van der Waals surface area contributed by atoms with Crippen molar-refractivity contribution in [3.05, 3.63) is 46.8 Å². The minimum Gasteiger partial charge on any atom is -0.385 e. The van der Waals surface area contributed by atoms with Crippen molar-refractivity contribution < 1.29 is 9.53 Å². The zero-order chi connectivity index (χ0) is 21.6. The molecule has 164 valence electrons. The minimum atomic E-state index is -0.0487. The molecule has 8 heteroatoms. The Labute approximate surface area is 190 Å². The van der Waals surface area contributed by atoms with E-state index in [9.17, 15) is 9.59 Å². The SMILES string of the molecule is COCCCn1c(SCC(=O)N2CCCCC2)nc2sc(-c3ccccc3)cc2c1=O. The zero-order valence-corrected chi connectivity index (χ0v) is 19.3. The predicted molar refractivity (Wildman–Crippen MR) is 127 cm³/mol. The lowest BCUT2D eigenvalue weighted by Gasteiger charge is -2.26. The second kappa shape index (κ2) is 10.4. The van der Waals surface area contributed by atoms with Crippen molar-refractivity contribution in [1.29, 1.82) is 0 Å². The van der Waals surface area contributed by atoms with Crippen molar-refractivity contribution in [3.63, 3.8) is 0 Å². The third-order valence-corrected chi connectivity index (χ3v) is 7.48. The molecule has 0 unspecified atom stereocenters. The van der Waals surface area contributed by atoms with Crippen molar-refractivity contribution >= 4 is 39.2 Å². The van der Waals surface area contributed by atoms with Gasteiger partial charge >= 0.3 is 0 Å². The van der Waals surface area contributed by atoms with Crippen LogP contribution in [0.1, 0.15) is 25.7 Å². The van der Waals surface area contributed by atoms with E-state index in [1.165, 1.54) is 29.5 Å². The summed E-state index contributed by atoms with van der Waals surface area (Å²) in [5, 5.41) is 1.24. The number of amides is 1. The summed E-state index contributed by atoms with van der Waals surface area (Å²) in [6.45, 7) is 2.75. The first-order valence-electron chi connectivity index (χ1n) is 10.7. The summed E-state index contributed by atoms with van der Waals surface area (Å²) in [4.78, 5) is 34.5. The third kappa shape index (κ3) is 5.19. The number of carbonyl (C=O) groups excluding carboxylic acids is 1. The van der Waals surface area contributed by atoms with Crippen LogP contribution in [0.15, 0.2) is 46.3 Å². The van der Waals surface area contributed by atoms with Gasteiger partial charge in [0.25, 0.3) is 5.56 Å². The van der Waals surface area contributed by atoms with Crippen LogP contribution in [0.2, 0.25) is 0 Å². The fourth-order valence-corrected chi connectivity index (χ4v) is 5.78. The Morgan fingerprint density at radius 3 is 2.71 bits per heavy atom. The number of methoxy groups -OCH3 is 1. The fourth-order valence-electron chi connectivity index (χ4n) is 3.78. The van der Waals surface area contributed by atoms with Crippen LogP contribution in [0.3, 0.4) is 0 Å². The van der Waals surface area contributed by atoms with E-state index in [0.29, 0.717) is 35.9 Å². The van der Waals surface area contributed by atoms with Gasteiger partial charge in [0.1, 0.15) is 4.83 Å². The molecule has 1 aromatic carbocycles. The maximum Gasteiger partial charge on any atom is 0.262 e. The fraction of sp³-hybridized carbons (Fsp3) is 0.435. The lowest BCUT2D eigenvalue weighted by molar-refractivity contribution is -0.129. The first-order valence-corrected chi connectivity index (χ1v) is 12.5. The van der Waals surface area contributed by atoms with E-state index < -0.39 is 0 Å². The van der Waals surface area contributed by atoms with Gasteiger partial charge < -0.3 is 9.64 Å². The molecule has 0 aliphatic carbocycles. The van der Waals surface area contributed by atoms with Gasteiger partial charge in [0.2, 0.25) is 5.91 Å². The maximum absolute atomic E-state index is 13.3. The van der Waals surface area contributed by atoms with Gasteiger partial charge in [-0.3, -0.25) is 14.2 Å². The summed E-state index contributed by atoms with van der Waals surface area (Å²) in [6, 6.07) is 12.0. The normalized spacial score (nSPS) is 14.3. The first kappa shape index (κ1) is 22.0. The van der Waals surface area contributed by atoms with Gasteiger partial charge in [0, 0.05) is 38.2 Å². The summed E-state index contributed by atoms with van der Waals surface area (Å²) in [7, 11) is 1.65. The van der Waals surface area contributed by atoms with Gasteiger partial charge in [-0.25, -0.2) is 4.98 Å². The number of hydrogen-bond donors (Lipinski definition) is 0. The Bertz CT molecular complexity index is 1090. The summed E-state index contributed by atoms with van der Waals surface area (Å²) in [5.74, 6) is 0.428. The monoisotopic (exact) mass is 457 g/mol. The molecule has 6 nitrogen and oxygen atoms in total. The van der Waals surface area contributed by atoms with Crippen LogP contribution in [-0.4, -0.2) is 52.9 Å². The molecule has 1 aliphatic heterocycles. The van der Waals surface area contributed by atoms with E-state index in [0.717, 1.165) is 41.2 Å². The quantitative estimate of drug-likeness (QED) is 0.287. The average Bonchev–Trinajstić information content (AvgIpc) is 3.25. The molecule has 3 aromatic rings. The van der Waals surface area contributed by atoms with Gasteiger partial charge in [0.05, 0.1) is 11.1 Å². The molecule has 1 saturated heterocycles. The smallest absolute Gasteiger partial charge is 0.262 e. The van der Waals surface area contributed by atoms with E-state index >= 15 is 0 Å². The lowest BCUT2D eigenvalue weighted by Crippen LogP contribution is -2.37. The van der Waals surface area contributed by atoms with Crippen LogP contribution >= 0.6 is 23.1 Å². The minimum absolute atomic E-state index is 0.0487. The van der Waals surface area contributed by atoms with Crippen LogP contribution in [-0.2, 0) is 16.1 Å². The van der Waals surface area contributed by atoms with Gasteiger partial charge in [0.15, 0.2) is 5.16 Å². The summed E-state index contributed by atoms with van der Waals surface area (Å²) in [6.07, 6.45) is 4.04. The standard InChI is InChI=1S/C23H27N3O3S2/c1-29-14-8-13-26-22(28)18-15-19(17-9-4-2-5-10-17)31-21(18)24-23(26)30-16-20(27)25-11-6-3-7-12-25/h2,4-5,9-10,15H,3,6-8,11-14,16H2,1H3. The number of carbonyl (C=O) groups is 1. The number of likely N-dealkylation sites (tertiary alicyclic amines) is 1. The van der Waals surface area contributed by atoms with E-state index in [-0.39, 0.29) is 11.5 Å². The number of ether oxygens (including phenoxy) is 1. The number of aromatic nitrogens is 2. The Hall–Kier alpha value is -2.16. The number of thiophene rings is 1. The number of hydrogen-bond acceptors (Lipinski definition) is 6. The molecule has 1 amide bonds. The van der Waals surface area contributed by atoms with Crippen LogP contribution in [0, 0.1) is 0 Å². The topological polar surface area (TPSA) is 64.4 Å². The Balaban J connectivity index is 1.63. The highest BCUT2D eigenvalue weighted by molar-refractivity contribution is 7.99. The van der Waals surface area contributed by atoms with E-state index in [2.05, 4.69) is 0 Å². The molecule has 31 heavy (non-hydrogen) atoms. The number of rotatable bonds is 8. The second-order valence-electron chi connectivity index (χ2n) is 7.62. The number of piperidine rings is 1. The van der Waals surface area contributed by atoms with Crippen molar-refractivity contribution in [1.82, 2.24) is 14.5 Å². The Morgan fingerprint density at radius 1 is 1.19 bits per heavy atom. The van der Waals surface area contributed by atoms with Crippen molar-refractivity contribution in [2.75, 3.05) is 32.6 Å². The van der Waals surface area contributed by atoms with Crippen LogP contribution in [0.5, 0.6) is 0 Å². The maximum atomic E-state index is 13.3. The molecule has 0 spiro atoms. The molecule has 0 radical (unpaired) electrons. The summed E-state index contributed by atoms with van der Waals surface area (Å²) in [5.41, 5.74) is 1.03. The molecule has 0 bridgehead atoms. The van der Waals surface area contributed by atoms with Crippen molar-refractivity contribution in [3.8, 4) is 10.4 Å². The number of nitrogens with zero attached hydrogens (tertiary/aromatic N) is 3. The molecule has 1 fully saturated rings. The highest BCUT2D eigenvalue weighted by Gasteiger charge is 2.20. The molecule has 4 rings (SSSR count). The largest absolute Gasteiger partial charge is 0.385 e. The number of benzene rings is 1. The van der Waals surface area contributed by atoms with Crippen LogP contribution in [0.25, 0.3) is 20.7 Å². The van der Waals surface area contributed by atoms with Gasteiger partial charge in [-0.05, 0) is 37.3 Å². The Kier molecular flexibility index (Phi) is 7.42. The number of thioether (sulfide) groups is 1. The molecular formula is C23H27N3O3S2. The predicted octanol–water partition coefficient (Wildman–Crippen LogP) is 4.27. The lowest BCUT2D eigenvalue weighted by atomic mass is 10.1. The Morgan fingerprint density at radius 2 is 1.97 bits per heavy atom. The van der Waals surface area contributed by atoms with Crippen molar-refractivity contribution in [2.45, 2.75) is 37.4 Å². The molecule has 3 heterocycles. The molecule has 1 aliphatic rings. The third-order valence-electron chi connectivity index (χ3n) is 5.44. The van der Waals surface area contributed by atoms with Crippen molar-refractivity contribution in [2.24, 2.45) is 0 Å². The summed E-state index contributed by atoms with van der Waals surface area (Å²) >= 11 is 2.89. The van der Waals surface area contributed by atoms with E-state index in [1.54, 1.807) is 11.7 Å². The zero-order valence-electron chi connectivity index (χ0n) is 17.7. The average molecular weight is 458 g/mol. The van der Waals surface area contributed by atoms with Gasteiger partial charge in [-0.1, -0.05) is 42.1 Å². The second-order valence-corrected chi connectivity index (χ2v) is 9.60. The van der Waals surface area contributed by atoms with Gasteiger partial charge in [-0.2, -0.15) is 0 Å². The van der Waals surface area contributed by atoms with E-state index in [4.69, 9.17) is 9.72 Å². The summed E-state index contributed by atoms with van der Waals surface area (Å²) < 4.78 is 6.87. The molecule has 0 N–H and O–H groups in total. The molecule has 2 aromatic heterocycles. The van der Waals surface area contributed by atoms with Crippen LogP contribution < -0.4 is 5.56 Å². The highest BCUT2D eigenvalue weighted by atomic mass is 32.2. The van der Waals surface area contributed by atoms with E-state index in [1.807, 2.05) is 41.3 Å². The first-order chi connectivity index (χ1) is 15.2.